The van der Waals surface area contributed by atoms with Crippen molar-refractivity contribution in [1.29, 1.82) is 0 Å². The van der Waals surface area contributed by atoms with Gasteiger partial charge in [-0.05, 0) is 38.5 Å². The van der Waals surface area contributed by atoms with Crippen LogP contribution >= 0.6 is 0 Å². The molecule has 12 heavy (non-hydrogen) atoms. The molecule has 0 aromatic carbocycles. The van der Waals surface area contributed by atoms with Gasteiger partial charge in [0.25, 0.3) is 0 Å². The molecule has 0 heteroatoms. The molecule has 0 radical (unpaired) electrons. The fourth-order valence-electron chi connectivity index (χ4n) is 1.51. The Morgan fingerprint density at radius 1 is 1.08 bits per heavy atom. The zero-order chi connectivity index (χ0) is 9.40. The summed E-state index contributed by atoms with van der Waals surface area (Å²) in [5.74, 6) is 1.54. The van der Waals surface area contributed by atoms with Crippen LogP contribution in [0.25, 0.3) is 0 Å². The van der Waals surface area contributed by atoms with Crippen molar-refractivity contribution in [3.8, 4) is 0 Å². The van der Waals surface area contributed by atoms with Gasteiger partial charge in [-0.15, -0.1) is 0 Å². The first kappa shape index (κ1) is 11.5. The Balaban J connectivity index is 3.60. The molecule has 0 spiro atoms. The van der Waals surface area contributed by atoms with Gasteiger partial charge < -0.3 is 0 Å². The van der Waals surface area contributed by atoms with E-state index in [1.807, 2.05) is 0 Å². The number of hydrogen-bond acceptors (Lipinski definition) is 0. The highest BCUT2D eigenvalue weighted by Gasteiger charge is 2.03. The summed E-state index contributed by atoms with van der Waals surface area (Å²) < 4.78 is 0. The van der Waals surface area contributed by atoms with Crippen LogP contribution in [0.3, 0.4) is 0 Å². The second kappa shape index (κ2) is 7.15. The van der Waals surface area contributed by atoms with Crippen LogP contribution in [0.15, 0.2) is 24.3 Å². The molecule has 70 valence electrons. The maximum Gasteiger partial charge on any atom is -0.0259 e. The molecule has 0 N–H and O–H groups in total. The van der Waals surface area contributed by atoms with Crippen molar-refractivity contribution < 1.29 is 0 Å². The van der Waals surface area contributed by atoms with E-state index in [0.29, 0.717) is 0 Å². The van der Waals surface area contributed by atoms with Crippen LogP contribution in [0, 0.1) is 11.8 Å². The molecule has 0 saturated carbocycles. The van der Waals surface area contributed by atoms with Crippen LogP contribution in [0.1, 0.15) is 40.5 Å². The Morgan fingerprint density at radius 3 is 2.25 bits per heavy atom. The molecule has 0 fully saturated rings. The van der Waals surface area contributed by atoms with Crippen LogP contribution in [-0.4, -0.2) is 0 Å². The van der Waals surface area contributed by atoms with Crippen LogP contribution < -0.4 is 0 Å². The highest BCUT2D eigenvalue weighted by Crippen LogP contribution is 2.16. The minimum Gasteiger partial charge on any atom is -0.0917 e. The zero-order valence-corrected chi connectivity index (χ0v) is 8.88. The van der Waals surface area contributed by atoms with Gasteiger partial charge in [0.1, 0.15) is 0 Å². The van der Waals surface area contributed by atoms with Crippen molar-refractivity contribution in [2.24, 2.45) is 11.8 Å². The Bertz CT molecular complexity index is 142. The summed E-state index contributed by atoms with van der Waals surface area (Å²) in [6.07, 6.45) is 11.3. The molecule has 0 aliphatic rings. The molecule has 0 amide bonds. The first-order valence-corrected chi connectivity index (χ1v) is 4.94. The van der Waals surface area contributed by atoms with E-state index in [1.165, 1.54) is 12.8 Å². The van der Waals surface area contributed by atoms with E-state index in [2.05, 4.69) is 52.0 Å². The summed E-state index contributed by atoms with van der Waals surface area (Å²) in [5.41, 5.74) is 0. The second-order valence-corrected chi connectivity index (χ2v) is 3.65. The van der Waals surface area contributed by atoms with Gasteiger partial charge in [0, 0.05) is 0 Å². The number of hydrogen-bond donors (Lipinski definition) is 0. The lowest BCUT2D eigenvalue weighted by Crippen LogP contribution is -1.99. The smallest absolute Gasteiger partial charge is 0.0259 e. The quantitative estimate of drug-likeness (QED) is 0.537. The van der Waals surface area contributed by atoms with Crippen molar-refractivity contribution in [2.75, 3.05) is 0 Å². The predicted molar refractivity (Wildman–Crippen MR) is 57.2 cm³/mol. The van der Waals surface area contributed by atoms with E-state index in [9.17, 15) is 0 Å². The van der Waals surface area contributed by atoms with Gasteiger partial charge in [-0.25, -0.2) is 0 Å². The first-order valence-electron chi connectivity index (χ1n) is 4.94. The van der Waals surface area contributed by atoms with Gasteiger partial charge in [-0.3, -0.25) is 0 Å². The summed E-state index contributed by atoms with van der Waals surface area (Å²) in [5, 5.41) is 0. The second-order valence-electron chi connectivity index (χ2n) is 3.65. The Hall–Kier alpha value is -0.520. The molecule has 0 aromatic heterocycles. The molecule has 0 bridgehead atoms. The Morgan fingerprint density at radius 2 is 1.75 bits per heavy atom. The molecule has 0 rings (SSSR count). The van der Waals surface area contributed by atoms with Gasteiger partial charge in [0.05, 0.1) is 0 Å². The summed E-state index contributed by atoms with van der Waals surface area (Å²) in [6, 6.07) is 0. The Labute approximate surface area is 77.4 Å². The van der Waals surface area contributed by atoms with E-state index in [1.54, 1.807) is 0 Å². The standard InChI is InChI=1S/C12H22/c1-5-7-9-12(4)10-11(3)8-6-2/h5-8,11-12H,9-10H2,1-4H3. The van der Waals surface area contributed by atoms with E-state index in [0.717, 1.165) is 11.8 Å². The predicted octanol–water partition coefficient (Wildman–Crippen LogP) is 4.19. The lowest BCUT2D eigenvalue weighted by atomic mass is 9.94. The summed E-state index contributed by atoms with van der Waals surface area (Å²) in [4.78, 5) is 0. The maximum atomic E-state index is 2.32. The zero-order valence-electron chi connectivity index (χ0n) is 8.88. The van der Waals surface area contributed by atoms with Crippen molar-refractivity contribution >= 4 is 0 Å². The molecule has 2 atom stereocenters. The largest absolute Gasteiger partial charge is 0.0917 e. The van der Waals surface area contributed by atoms with Gasteiger partial charge in [0.15, 0.2) is 0 Å². The molecule has 2 unspecified atom stereocenters. The van der Waals surface area contributed by atoms with Crippen LogP contribution in [0.2, 0.25) is 0 Å². The van der Waals surface area contributed by atoms with Crippen LogP contribution in [-0.2, 0) is 0 Å². The average molecular weight is 166 g/mol. The summed E-state index contributed by atoms with van der Waals surface area (Å²) >= 11 is 0. The topological polar surface area (TPSA) is 0 Å². The van der Waals surface area contributed by atoms with Gasteiger partial charge in [-0.1, -0.05) is 38.2 Å². The lowest BCUT2D eigenvalue weighted by Gasteiger charge is -2.11. The average Bonchev–Trinajstić information content (AvgIpc) is 2.01. The summed E-state index contributed by atoms with van der Waals surface area (Å²) in [7, 11) is 0. The summed E-state index contributed by atoms with van der Waals surface area (Å²) in [6.45, 7) is 8.78. The third-order valence-electron chi connectivity index (χ3n) is 2.07. The van der Waals surface area contributed by atoms with E-state index in [4.69, 9.17) is 0 Å². The fraction of sp³-hybridized carbons (Fsp3) is 0.667. The van der Waals surface area contributed by atoms with Crippen molar-refractivity contribution in [1.82, 2.24) is 0 Å². The molecule has 0 nitrogen and oxygen atoms in total. The lowest BCUT2D eigenvalue weighted by molar-refractivity contribution is 0.471. The molecular weight excluding hydrogens is 144 g/mol. The SMILES string of the molecule is CC=CCC(C)CC(C)C=CC. The maximum absolute atomic E-state index is 2.32. The molecule has 0 aromatic rings. The third-order valence-corrected chi connectivity index (χ3v) is 2.07. The first-order chi connectivity index (χ1) is 5.70. The third kappa shape index (κ3) is 6.21. The number of allylic oxidation sites excluding steroid dienone is 4. The van der Waals surface area contributed by atoms with E-state index < -0.39 is 0 Å². The van der Waals surface area contributed by atoms with Crippen molar-refractivity contribution in [3.05, 3.63) is 24.3 Å². The number of rotatable bonds is 5. The normalized spacial score (nSPS) is 17.3. The Kier molecular flexibility index (Phi) is 6.84. The molecule has 0 saturated heterocycles. The monoisotopic (exact) mass is 166 g/mol. The minimum atomic E-state index is 0.732. The van der Waals surface area contributed by atoms with Gasteiger partial charge >= 0.3 is 0 Å². The van der Waals surface area contributed by atoms with E-state index in [-0.39, 0.29) is 0 Å². The highest BCUT2D eigenvalue weighted by molar-refractivity contribution is 4.86. The minimum absolute atomic E-state index is 0.732. The highest BCUT2D eigenvalue weighted by atomic mass is 14.1. The fourth-order valence-corrected chi connectivity index (χ4v) is 1.51. The molecule has 0 heterocycles. The van der Waals surface area contributed by atoms with Crippen molar-refractivity contribution in [2.45, 2.75) is 40.5 Å². The molecular formula is C12H22. The molecule has 0 aliphatic heterocycles. The van der Waals surface area contributed by atoms with Crippen LogP contribution in [0.4, 0.5) is 0 Å². The van der Waals surface area contributed by atoms with Crippen molar-refractivity contribution in [3.63, 3.8) is 0 Å². The van der Waals surface area contributed by atoms with Crippen LogP contribution in [0.5, 0.6) is 0 Å². The van der Waals surface area contributed by atoms with E-state index >= 15 is 0 Å². The van der Waals surface area contributed by atoms with Gasteiger partial charge in [0.2, 0.25) is 0 Å². The molecule has 0 aliphatic carbocycles. The van der Waals surface area contributed by atoms with Gasteiger partial charge in [-0.2, -0.15) is 0 Å².